The molecule has 2 heterocycles. The van der Waals surface area contributed by atoms with E-state index in [2.05, 4.69) is 60.7 Å². The van der Waals surface area contributed by atoms with Crippen LogP contribution in [0.5, 0.6) is 0 Å². The molecule has 110 valence electrons. The predicted molar refractivity (Wildman–Crippen MR) is 92.0 cm³/mol. The van der Waals surface area contributed by atoms with Crippen LogP contribution in [0.3, 0.4) is 0 Å². The summed E-state index contributed by atoms with van der Waals surface area (Å²) in [6, 6.07) is 21.9. The van der Waals surface area contributed by atoms with Crippen LogP contribution in [0.25, 0.3) is 0 Å². The molecule has 0 unspecified atom stereocenters. The van der Waals surface area contributed by atoms with Crippen LogP contribution in [0.1, 0.15) is 36.8 Å². The van der Waals surface area contributed by atoms with Gasteiger partial charge in [-0.1, -0.05) is 60.7 Å². The van der Waals surface area contributed by atoms with Crippen molar-refractivity contribution in [1.82, 2.24) is 0 Å². The molecule has 0 saturated carbocycles. The number of hydrogen-bond acceptors (Lipinski definition) is 2. The van der Waals surface area contributed by atoms with Crippen molar-refractivity contribution in [3.05, 3.63) is 71.8 Å². The fourth-order valence-corrected chi connectivity index (χ4v) is 3.48. The first kappa shape index (κ1) is 13.4. The molecule has 2 nitrogen and oxygen atoms in total. The fraction of sp³-hybridized carbons (Fsp3) is 0.300. The van der Waals surface area contributed by atoms with Crippen molar-refractivity contribution in [3.8, 4) is 0 Å². The highest BCUT2D eigenvalue weighted by atomic mass is 15.0. The number of nitrogens with zero attached hydrogens (tertiary/aromatic N) is 2. The Bertz CT molecular complexity index is 638. The summed E-state index contributed by atoms with van der Waals surface area (Å²) in [4.78, 5) is 10.0. The Morgan fingerprint density at radius 3 is 1.41 bits per heavy atom. The monoisotopic (exact) mass is 288 g/mol. The first-order chi connectivity index (χ1) is 10.9. The molecule has 4 rings (SSSR count). The Hall–Kier alpha value is -2.22. The molecule has 0 amide bonds. The van der Waals surface area contributed by atoms with Crippen molar-refractivity contribution in [1.29, 1.82) is 0 Å². The van der Waals surface area contributed by atoms with Crippen molar-refractivity contribution in [2.75, 3.05) is 0 Å². The quantitative estimate of drug-likeness (QED) is 0.787. The van der Waals surface area contributed by atoms with Crippen molar-refractivity contribution in [2.24, 2.45) is 9.98 Å². The standard InChI is InChI=1S/C20H20N2/c1-3-7-15(8-4-1)17-11-13-20-19(21-17)14-12-18(22-20)16-9-5-2-6-10-16/h1-10,19-20H,11-14H2/t19-,20-/m1/s1. The van der Waals surface area contributed by atoms with E-state index in [1.165, 1.54) is 22.6 Å². The van der Waals surface area contributed by atoms with Gasteiger partial charge in [-0.15, -0.1) is 0 Å². The smallest absolute Gasteiger partial charge is 0.0730 e. The normalized spacial score (nSPS) is 24.2. The molecule has 2 aromatic carbocycles. The maximum absolute atomic E-state index is 5.01. The molecule has 0 fully saturated rings. The van der Waals surface area contributed by atoms with Crippen LogP contribution < -0.4 is 0 Å². The van der Waals surface area contributed by atoms with Crippen molar-refractivity contribution >= 4 is 11.4 Å². The number of hydrogen-bond donors (Lipinski definition) is 0. The number of rotatable bonds is 2. The molecule has 0 saturated heterocycles. The summed E-state index contributed by atoms with van der Waals surface area (Å²) in [5.41, 5.74) is 5.08. The zero-order chi connectivity index (χ0) is 14.8. The van der Waals surface area contributed by atoms with Gasteiger partial charge in [0.25, 0.3) is 0 Å². The minimum absolute atomic E-state index is 0.372. The average molecular weight is 288 g/mol. The van der Waals surface area contributed by atoms with Gasteiger partial charge in [-0.3, -0.25) is 9.98 Å². The van der Waals surface area contributed by atoms with E-state index in [0.29, 0.717) is 12.1 Å². The first-order valence-corrected chi connectivity index (χ1v) is 8.14. The predicted octanol–water partition coefficient (Wildman–Crippen LogP) is 4.29. The highest BCUT2D eigenvalue weighted by Crippen LogP contribution is 2.29. The van der Waals surface area contributed by atoms with Gasteiger partial charge in [0.2, 0.25) is 0 Å². The van der Waals surface area contributed by atoms with Crippen LogP contribution >= 0.6 is 0 Å². The van der Waals surface area contributed by atoms with Gasteiger partial charge in [0.15, 0.2) is 0 Å². The second-order valence-electron chi connectivity index (χ2n) is 6.10. The minimum Gasteiger partial charge on any atom is -0.284 e. The number of aliphatic imine (C=N–C) groups is 2. The highest BCUT2D eigenvalue weighted by molar-refractivity contribution is 6.03. The van der Waals surface area contributed by atoms with Gasteiger partial charge >= 0.3 is 0 Å². The Labute approximate surface area is 131 Å². The molecule has 2 aromatic rings. The third-order valence-electron chi connectivity index (χ3n) is 4.66. The first-order valence-electron chi connectivity index (χ1n) is 8.14. The molecular formula is C20H20N2. The maximum Gasteiger partial charge on any atom is 0.0730 e. The lowest BCUT2D eigenvalue weighted by Gasteiger charge is -2.31. The van der Waals surface area contributed by atoms with Gasteiger partial charge in [0.1, 0.15) is 0 Å². The molecule has 2 aliphatic rings. The van der Waals surface area contributed by atoms with Gasteiger partial charge in [0, 0.05) is 11.4 Å². The Kier molecular flexibility index (Phi) is 3.59. The maximum atomic E-state index is 5.01. The van der Waals surface area contributed by atoms with Crippen LogP contribution in [0.2, 0.25) is 0 Å². The summed E-state index contributed by atoms with van der Waals surface area (Å²) in [6.45, 7) is 0. The zero-order valence-corrected chi connectivity index (χ0v) is 12.7. The van der Waals surface area contributed by atoms with E-state index in [0.717, 1.165) is 25.7 Å². The summed E-state index contributed by atoms with van der Waals surface area (Å²) in [5.74, 6) is 0. The summed E-state index contributed by atoms with van der Waals surface area (Å²) in [5, 5.41) is 0. The summed E-state index contributed by atoms with van der Waals surface area (Å²) in [7, 11) is 0. The lowest BCUT2D eigenvalue weighted by atomic mass is 9.87. The Morgan fingerprint density at radius 1 is 0.591 bits per heavy atom. The van der Waals surface area contributed by atoms with E-state index in [9.17, 15) is 0 Å². The minimum atomic E-state index is 0.372. The van der Waals surface area contributed by atoms with Crippen LogP contribution in [-0.4, -0.2) is 23.5 Å². The molecule has 0 N–H and O–H groups in total. The molecule has 0 spiro atoms. The van der Waals surface area contributed by atoms with Crippen molar-refractivity contribution in [3.63, 3.8) is 0 Å². The molecule has 2 heteroatoms. The van der Waals surface area contributed by atoms with Crippen LogP contribution in [0.4, 0.5) is 0 Å². The largest absolute Gasteiger partial charge is 0.284 e. The van der Waals surface area contributed by atoms with E-state index in [1.807, 2.05) is 0 Å². The van der Waals surface area contributed by atoms with Gasteiger partial charge in [-0.05, 0) is 36.8 Å². The molecule has 0 aliphatic carbocycles. The lowest BCUT2D eigenvalue weighted by molar-refractivity contribution is 0.451. The summed E-state index contributed by atoms with van der Waals surface area (Å²) < 4.78 is 0. The molecule has 0 radical (unpaired) electrons. The van der Waals surface area contributed by atoms with Gasteiger partial charge in [-0.25, -0.2) is 0 Å². The van der Waals surface area contributed by atoms with E-state index >= 15 is 0 Å². The van der Waals surface area contributed by atoms with E-state index < -0.39 is 0 Å². The molecule has 22 heavy (non-hydrogen) atoms. The highest BCUT2D eigenvalue weighted by Gasteiger charge is 2.30. The summed E-state index contributed by atoms with van der Waals surface area (Å²) >= 11 is 0. The van der Waals surface area contributed by atoms with Gasteiger partial charge in [0.05, 0.1) is 12.1 Å². The molecular weight excluding hydrogens is 268 g/mol. The second kappa shape index (κ2) is 5.88. The topological polar surface area (TPSA) is 24.7 Å². The van der Waals surface area contributed by atoms with E-state index in [4.69, 9.17) is 9.98 Å². The van der Waals surface area contributed by atoms with Crippen LogP contribution in [0.15, 0.2) is 70.6 Å². The average Bonchev–Trinajstić information content (AvgIpc) is 2.62. The molecule has 0 bridgehead atoms. The van der Waals surface area contributed by atoms with Crippen molar-refractivity contribution in [2.45, 2.75) is 37.8 Å². The molecule has 2 atom stereocenters. The Balaban J connectivity index is 1.58. The van der Waals surface area contributed by atoms with Crippen molar-refractivity contribution < 1.29 is 0 Å². The third-order valence-corrected chi connectivity index (χ3v) is 4.66. The van der Waals surface area contributed by atoms with Crippen LogP contribution in [0, 0.1) is 0 Å². The Morgan fingerprint density at radius 2 is 1.00 bits per heavy atom. The second-order valence-corrected chi connectivity index (χ2v) is 6.10. The van der Waals surface area contributed by atoms with E-state index in [1.54, 1.807) is 0 Å². The van der Waals surface area contributed by atoms with Crippen LogP contribution in [-0.2, 0) is 0 Å². The fourth-order valence-electron chi connectivity index (χ4n) is 3.48. The SMILES string of the molecule is c1ccc(C2=N[C@@H]3CCC(c4ccccc4)=N[C@@H]3CC2)cc1. The number of fused-ring (bicyclic) bond motifs is 1. The third kappa shape index (κ3) is 2.61. The summed E-state index contributed by atoms with van der Waals surface area (Å²) in [6.07, 6.45) is 4.32. The van der Waals surface area contributed by atoms with E-state index in [-0.39, 0.29) is 0 Å². The molecule has 0 aromatic heterocycles. The van der Waals surface area contributed by atoms with Gasteiger partial charge in [-0.2, -0.15) is 0 Å². The van der Waals surface area contributed by atoms with Gasteiger partial charge < -0.3 is 0 Å². The lowest BCUT2D eigenvalue weighted by Crippen LogP contribution is -2.34. The number of benzene rings is 2. The zero-order valence-electron chi connectivity index (χ0n) is 12.7. The molecule has 2 aliphatic heterocycles.